The van der Waals surface area contributed by atoms with Gasteiger partial charge in [-0.2, -0.15) is 4.31 Å². The minimum atomic E-state index is -3.47. The van der Waals surface area contributed by atoms with Crippen molar-refractivity contribution < 1.29 is 13.2 Å². The Kier molecular flexibility index (Phi) is 7.19. The maximum absolute atomic E-state index is 12.5. The fraction of sp³-hybridized carbons (Fsp3) is 0.316. The van der Waals surface area contributed by atoms with Gasteiger partial charge in [-0.15, -0.1) is 0 Å². The van der Waals surface area contributed by atoms with Gasteiger partial charge in [0.05, 0.1) is 10.9 Å². The molecule has 140 valence electrons. The van der Waals surface area contributed by atoms with E-state index in [4.69, 9.17) is 0 Å². The summed E-state index contributed by atoms with van der Waals surface area (Å²) < 4.78 is 27.5. The molecule has 0 saturated heterocycles. The SMILES string of the molecule is CCN(CC)S(=O)(=O)c1ccc(C(C)NC(=O)c2ccc(I)cc2)cc1. The molecule has 0 radical (unpaired) electrons. The number of amides is 1. The van der Waals surface area contributed by atoms with Crippen LogP contribution < -0.4 is 5.32 Å². The first kappa shape index (κ1) is 20.9. The number of sulfonamides is 1. The lowest BCUT2D eigenvalue weighted by Crippen LogP contribution is -2.30. The quantitative estimate of drug-likeness (QED) is 0.606. The largest absolute Gasteiger partial charge is 0.346 e. The summed E-state index contributed by atoms with van der Waals surface area (Å²) in [6, 6.07) is 13.8. The summed E-state index contributed by atoms with van der Waals surface area (Å²) in [6.07, 6.45) is 0. The Balaban J connectivity index is 2.12. The average Bonchev–Trinajstić information content (AvgIpc) is 2.63. The molecule has 1 atom stereocenters. The lowest BCUT2D eigenvalue weighted by molar-refractivity contribution is 0.0940. The van der Waals surface area contributed by atoms with Crippen LogP contribution in [0.25, 0.3) is 0 Å². The van der Waals surface area contributed by atoms with Gasteiger partial charge in [-0.05, 0) is 71.5 Å². The number of halogens is 1. The molecule has 0 aliphatic rings. The third-order valence-electron chi connectivity index (χ3n) is 4.18. The summed E-state index contributed by atoms with van der Waals surface area (Å²) in [4.78, 5) is 12.6. The van der Waals surface area contributed by atoms with E-state index in [-0.39, 0.29) is 16.8 Å². The van der Waals surface area contributed by atoms with Crippen LogP contribution in [0.5, 0.6) is 0 Å². The molecular weight excluding hydrogens is 463 g/mol. The standard InChI is InChI=1S/C19H23IN2O3S/c1-4-22(5-2)26(24,25)18-12-8-15(9-13-18)14(3)21-19(23)16-6-10-17(20)11-7-16/h6-14H,4-5H2,1-3H3,(H,21,23). The second-order valence-electron chi connectivity index (χ2n) is 5.86. The highest BCUT2D eigenvalue weighted by atomic mass is 127. The van der Waals surface area contributed by atoms with E-state index >= 15 is 0 Å². The number of benzene rings is 2. The summed E-state index contributed by atoms with van der Waals surface area (Å²) in [6.45, 7) is 6.37. The Morgan fingerprint density at radius 2 is 1.58 bits per heavy atom. The number of rotatable bonds is 7. The molecule has 7 heteroatoms. The molecule has 2 aromatic rings. The Bertz CT molecular complexity index is 845. The highest BCUT2D eigenvalue weighted by molar-refractivity contribution is 14.1. The second kappa shape index (κ2) is 8.96. The number of hydrogen-bond donors (Lipinski definition) is 1. The number of nitrogens with one attached hydrogen (secondary N) is 1. The molecule has 2 aromatic carbocycles. The van der Waals surface area contributed by atoms with Crippen molar-refractivity contribution in [2.75, 3.05) is 13.1 Å². The molecule has 0 spiro atoms. The van der Waals surface area contributed by atoms with Gasteiger partial charge in [-0.1, -0.05) is 26.0 Å². The van der Waals surface area contributed by atoms with Crippen LogP contribution in [0.3, 0.4) is 0 Å². The first-order valence-electron chi connectivity index (χ1n) is 8.46. The topological polar surface area (TPSA) is 66.5 Å². The average molecular weight is 486 g/mol. The number of carbonyl (C=O) groups is 1. The molecule has 0 fully saturated rings. The predicted octanol–water partition coefficient (Wildman–Crippen LogP) is 3.81. The predicted molar refractivity (Wildman–Crippen MR) is 112 cm³/mol. The van der Waals surface area contributed by atoms with Crippen LogP contribution >= 0.6 is 22.6 Å². The minimum Gasteiger partial charge on any atom is -0.346 e. The van der Waals surface area contributed by atoms with E-state index < -0.39 is 10.0 Å². The van der Waals surface area contributed by atoms with Gasteiger partial charge >= 0.3 is 0 Å². The zero-order valence-corrected chi connectivity index (χ0v) is 18.0. The van der Waals surface area contributed by atoms with Gasteiger partial charge < -0.3 is 5.32 Å². The van der Waals surface area contributed by atoms with Crippen LogP contribution in [0.1, 0.15) is 42.7 Å². The number of nitrogens with zero attached hydrogens (tertiary/aromatic N) is 1. The molecule has 2 rings (SSSR count). The van der Waals surface area contributed by atoms with E-state index in [1.54, 1.807) is 36.4 Å². The molecule has 1 amide bonds. The number of hydrogen-bond acceptors (Lipinski definition) is 3. The lowest BCUT2D eigenvalue weighted by Gasteiger charge is -2.19. The molecule has 0 saturated carbocycles. The van der Waals surface area contributed by atoms with Crippen LogP contribution in [-0.4, -0.2) is 31.7 Å². The van der Waals surface area contributed by atoms with E-state index in [9.17, 15) is 13.2 Å². The van der Waals surface area contributed by atoms with Gasteiger partial charge in [0.1, 0.15) is 0 Å². The smallest absolute Gasteiger partial charge is 0.251 e. The first-order valence-corrected chi connectivity index (χ1v) is 11.0. The van der Waals surface area contributed by atoms with Crippen LogP contribution in [0.15, 0.2) is 53.4 Å². The van der Waals surface area contributed by atoms with Gasteiger partial charge in [0, 0.05) is 22.2 Å². The van der Waals surface area contributed by atoms with E-state index in [1.165, 1.54) is 4.31 Å². The maximum atomic E-state index is 12.5. The zero-order valence-electron chi connectivity index (χ0n) is 15.1. The Morgan fingerprint density at radius 3 is 2.08 bits per heavy atom. The number of carbonyl (C=O) groups excluding carboxylic acids is 1. The fourth-order valence-electron chi connectivity index (χ4n) is 2.61. The van der Waals surface area contributed by atoms with Crippen LogP contribution in [0.4, 0.5) is 0 Å². The van der Waals surface area contributed by atoms with Crippen molar-refractivity contribution in [2.24, 2.45) is 0 Å². The monoisotopic (exact) mass is 486 g/mol. The highest BCUT2D eigenvalue weighted by Crippen LogP contribution is 2.20. The molecule has 1 N–H and O–H groups in total. The normalized spacial score (nSPS) is 12.8. The van der Waals surface area contributed by atoms with Gasteiger partial charge in [0.15, 0.2) is 0 Å². The maximum Gasteiger partial charge on any atom is 0.251 e. The van der Waals surface area contributed by atoms with Crippen LogP contribution in [-0.2, 0) is 10.0 Å². The van der Waals surface area contributed by atoms with Gasteiger partial charge in [0.2, 0.25) is 10.0 Å². The van der Waals surface area contributed by atoms with E-state index in [0.29, 0.717) is 18.7 Å². The van der Waals surface area contributed by atoms with Crippen molar-refractivity contribution >= 4 is 38.5 Å². The van der Waals surface area contributed by atoms with Crippen molar-refractivity contribution in [3.8, 4) is 0 Å². The van der Waals surface area contributed by atoms with Crippen LogP contribution in [0.2, 0.25) is 0 Å². The van der Waals surface area contributed by atoms with Crippen LogP contribution in [0, 0.1) is 3.57 Å². The molecule has 0 bridgehead atoms. The molecule has 0 aliphatic heterocycles. The summed E-state index contributed by atoms with van der Waals surface area (Å²) in [7, 11) is -3.47. The van der Waals surface area contributed by atoms with Gasteiger partial charge in [-0.25, -0.2) is 8.42 Å². The van der Waals surface area contributed by atoms with Crippen molar-refractivity contribution in [1.29, 1.82) is 0 Å². The second-order valence-corrected chi connectivity index (χ2v) is 9.04. The molecular formula is C19H23IN2O3S. The Labute approximate surface area is 169 Å². The minimum absolute atomic E-state index is 0.159. The van der Waals surface area contributed by atoms with Crippen molar-refractivity contribution in [2.45, 2.75) is 31.7 Å². The van der Waals surface area contributed by atoms with E-state index in [0.717, 1.165) is 9.13 Å². The lowest BCUT2D eigenvalue weighted by atomic mass is 10.1. The molecule has 0 aromatic heterocycles. The third-order valence-corrected chi connectivity index (χ3v) is 6.96. The third kappa shape index (κ3) is 4.83. The van der Waals surface area contributed by atoms with Gasteiger partial charge in [-0.3, -0.25) is 4.79 Å². The van der Waals surface area contributed by atoms with Gasteiger partial charge in [0.25, 0.3) is 5.91 Å². The van der Waals surface area contributed by atoms with E-state index in [1.807, 2.05) is 32.9 Å². The van der Waals surface area contributed by atoms with E-state index in [2.05, 4.69) is 27.9 Å². The van der Waals surface area contributed by atoms with Crippen molar-refractivity contribution in [3.05, 3.63) is 63.2 Å². The molecule has 26 heavy (non-hydrogen) atoms. The Hall–Kier alpha value is -1.45. The molecule has 0 heterocycles. The molecule has 5 nitrogen and oxygen atoms in total. The first-order chi connectivity index (χ1) is 12.3. The highest BCUT2D eigenvalue weighted by Gasteiger charge is 2.21. The summed E-state index contributed by atoms with van der Waals surface area (Å²) in [5.74, 6) is -0.159. The molecule has 1 unspecified atom stereocenters. The summed E-state index contributed by atoms with van der Waals surface area (Å²) >= 11 is 2.19. The summed E-state index contributed by atoms with van der Waals surface area (Å²) in [5, 5.41) is 2.93. The molecule has 0 aliphatic carbocycles. The van der Waals surface area contributed by atoms with Crippen molar-refractivity contribution in [3.63, 3.8) is 0 Å². The Morgan fingerprint density at radius 1 is 1.04 bits per heavy atom. The summed E-state index contributed by atoms with van der Waals surface area (Å²) in [5.41, 5.74) is 1.44. The van der Waals surface area contributed by atoms with Crippen molar-refractivity contribution in [1.82, 2.24) is 9.62 Å². The fourth-order valence-corrected chi connectivity index (χ4v) is 4.42. The zero-order chi connectivity index (χ0) is 19.3.